The second-order valence-electron chi connectivity index (χ2n) is 3.73. The minimum absolute atomic E-state index is 0.274. The molecule has 1 unspecified atom stereocenters. The minimum Gasteiger partial charge on any atom is -0.480 e. The average Bonchev–Trinajstić information content (AvgIpc) is 2.86. The van der Waals surface area contributed by atoms with Crippen molar-refractivity contribution in [1.29, 1.82) is 0 Å². The molecule has 0 fully saturated rings. The molecule has 0 saturated heterocycles. The van der Waals surface area contributed by atoms with Crippen LogP contribution in [0.4, 0.5) is 0 Å². The Balaban J connectivity index is 2.17. The van der Waals surface area contributed by atoms with Gasteiger partial charge in [-0.15, -0.1) is 22.7 Å². The van der Waals surface area contributed by atoms with E-state index >= 15 is 0 Å². The van der Waals surface area contributed by atoms with Gasteiger partial charge in [-0.2, -0.15) is 0 Å². The number of hydrogen-bond donors (Lipinski definition) is 2. The maximum atomic E-state index is 10.6. The molecule has 2 rings (SSSR count). The fraction of sp³-hybridized carbons (Fsp3) is 0.273. The van der Waals surface area contributed by atoms with E-state index in [1.165, 1.54) is 16.9 Å². The Kier molecular flexibility index (Phi) is 3.56. The Morgan fingerprint density at radius 1 is 1.59 bits per heavy atom. The second-order valence-corrected chi connectivity index (χ2v) is 5.50. The summed E-state index contributed by atoms with van der Waals surface area (Å²) in [7, 11) is 0. The van der Waals surface area contributed by atoms with Crippen LogP contribution in [-0.4, -0.2) is 22.1 Å². The van der Waals surface area contributed by atoms with Crippen molar-refractivity contribution in [2.24, 2.45) is 5.73 Å². The largest absolute Gasteiger partial charge is 0.480 e. The average molecular weight is 268 g/mol. The number of nitrogens with zero attached hydrogens (tertiary/aromatic N) is 1. The summed E-state index contributed by atoms with van der Waals surface area (Å²) in [5, 5.41) is 13.6. The quantitative estimate of drug-likeness (QED) is 0.890. The number of thiazole rings is 1. The SMILES string of the molecule is Cc1ccsc1-c1nc(CC(N)C(=O)O)cs1. The molecule has 0 amide bonds. The van der Waals surface area contributed by atoms with Gasteiger partial charge in [-0.1, -0.05) is 0 Å². The van der Waals surface area contributed by atoms with Crippen molar-refractivity contribution < 1.29 is 9.90 Å². The van der Waals surface area contributed by atoms with Crippen LogP contribution in [0.1, 0.15) is 11.3 Å². The standard InChI is InChI=1S/C11H12N2O2S2/c1-6-2-3-16-9(6)10-13-7(5-17-10)4-8(12)11(14)15/h2-3,5,8H,4,12H2,1H3,(H,14,15). The van der Waals surface area contributed by atoms with E-state index in [1.807, 2.05) is 23.8 Å². The number of aryl methyl sites for hydroxylation is 1. The minimum atomic E-state index is -0.994. The maximum absolute atomic E-state index is 10.6. The number of hydrogen-bond acceptors (Lipinski definition) is 5. The number of nitrogens with two attached hydrogens (primary N) is 1. The molecule has 1 atom stereocenters. The molecule has 17 heavy (non-hydrogen) atoms. The van der Waals surface area contributed by atoms with Gasteiger partial charge in [0.05, 0.1) is 10.6 Å². The van der Waals surface area contributed by atoms with Crippen LogP contribution in [-0.2, 0) is 11.2 Å². The molecule has 4 nitrogen and oxygen atoms in total. The lowest BCUT2D eigenvalue weighted by Crippen LogP contribution is -2.32. The van der Waals surface area contributed by atoms with Crippen LogP contribution in [0.2, 0.25) is 0 Å². The van der Waals surface area contributed by atoms with Gasteiger partial charge in [0, 0.05) is 11.8 Å². The van der Waals surface area contributed by atoms with Gasteiger partial charge in [-0.05, 0) is 23.9 Å². The van der Waals surface area contributed by atoms with E-state index in [0.29, 0.717) is 0 Å². The molecule has 0 aliphatic heterocycles. The van der Waals surface area contributed by atoms with Gasteiger partial charge in [0.2, 0.25) is 0 Å². The summed E-state index contributed by atoms with van der Waals surface area (Å²) in [6.07, 6.45) is 0.274. The Hall–Kier alpha value is -1.24. The van der Waals surface area contributed by atoms with E-state index in [4.69, 9.17) is 10.8 Å². The molecule has 2 aromatic heterocycles. The highest BCUT2D eigenvalue weighted by Crippen LogP contribution is 2.31. The highest BCUT2D eigenvalue weighted by molar-refractivity contribution is 7.20. The summed E-state index contributed by atoms with van der Waals surface area (Å²) < 4.78 is 0. The lowest BCUT2D eigenvalue weighted by molar-refractivity contribution is -0.138. The first-order valence-corrected chi connectivity index (χ1v) is 6.81. The molecule has 0 saturated carbocycles. The van der Waals surface area contributed by atoms with E-state index in [1.54, 1.807) is 11.3 Å². The van der Waals surface area contributed by atoms with Crippen LogP contribution in [0.5, 0.6) is 0 Å². The predicted molar refractivity (Wildman–Crippen MR) is 69.5 cm³/mol. The van der Waals surface area contributed by atoms with E-state index in [9.17, 15) is 4.79 Å². The predicted octanol–water partition coefficient (Wildman–Crippen LogP) is 2.13. The van der Waals surface area contributed by atoms with Crippen molar-refractivity contribution in [3.63, 3.8) is 0 Å². The second kappa shape index (κ2) is 4.95. The lowest BCUT2D eigenvalue weighted by Gasteiger charge is -2.02. The number of rotatable bonds is 4. The summed E-state index contributed by atoms with van der Waals surface area (Å²) in [6, 6.07) is 1.17. The molecule has 90 valence electrons. The van der Waals surface area contributed by atoms with E-state index < -0.39 is 12.0 Å². The first-order valence-electron chi connectivity index (χ1n) is 5.05. The number of carbonyl (C=O) groups is 1. The summed E-state index contributed by atoms with van der Waals surface area (Å²) in [5.41, 5.74) is 7.41. The van der Waals surface area contributed by atoms with Crippen LogP contribution in [0, 0.1) is 6.92 Å². The van der Waals surface area contributed by atoms with Gasteiger partial charge >= 0.3 is 5.97 Å². The molecule has 6 heteroatoms. The monoisotopic (exact) mass is 268 g/mol. The topological polar surface area (TPSA) is 76.2 Å². The first kappa shape index (κ1) is 12.2. The molecule has 0 bridgehead atoms. The van der Waals surface area contributed by atoms with Crippen molar-refractivity contribution >= 4 is 28.6 Å². The fourth-order valence-corrected chi connectivity index (χ4v) is 3.34. The lowest BCUT2D eigenvalue weighted by atomic mass is 10.2. The van der Waals surface area contributed by atoms with Gasteiger partial charge in [-0.3, -0.25) is 4.79 Å². The van der Waals surface area contributed by atoms with Crippen molar-refractivity contribution in [2.45, 2.75) is 19.4 Å². The van der Waals surface area contributed by atoms with Crippen molar-refractivity contribution in [1.82, 2.24) is 4.98 Å². The van der Waals surface area contributed by atoms with Gasteiger partial charge in [0.1, 0.15) is 11.0 Å². The van der Waals surface area contributed by atoms with E-state index in [0.717, 1.165) is 15.6 Å². The Morgan fingerprint density at radius 2 is 2.35 bits per heavy atom. The third kappa shape index (κ3) is 2.71. The Morgan fingerprint density at radius 3 is 2.94 bits per heavy atom. The van der Waals surface area contributed by atoms with Gasteiger partial charge < -0.3 is 10.8 Å². The molecule has 0 radical (unpaired) electrons. The van der Waals surface area contributed by atoms with Crippen molar-refractivity contribution in [2.75, 3.05) is 0 Å². The number of aromatic nitrogens is 1. The molecule has 0 aliphatic carbocycles. The summed E-state index contributed by atoms with van der Waals surface area (Å²) >= 11 is 3.17. The number of carboxylic acid groups (broad SMARTS) is 1. The zero-order valence-corrected chi connectivity index (χ0v) is 10.8. The molecule has 2 aromatic rings. The molecular formula is C11H12N2O2S2. The molecule has 2 heterocycles. The maximum Gasteiger partial charge on any atom is 0.320 e. The number of carboxylic acids is 1. The first-order chi connectivity index (χ1) is 8.08. The van der Waals surface area contributed by atoms with E-state index in [-0.39, 0.29) is 6.42 Å². The third-order valence-corrected chi connectivity index (χ3v) is 4.42. The van der Waals surface area contributed by atoms with Crippen LogP contribution in [0.25, 0.3) is 9.88 Å². The smallest absolute Gasteiger partial charge is 0.320 e. The van der Waals surface area contributed by atoms with Gasteiger partial charge in [0.25, 0.3) is 0 Å². The van der Waals surface area contributed by atoms with Gasteiger partial charge in [-0.25, -0.2) is 4.98 Å². The molecule has 0 aliphatic rings. The van der Waals surface area contributed by atoms with Crippen LogP contribution in [0.15, 0.2) is 16.8 Å². The van der Waals surface area contributed by atoms with Crippen LogP contribution < -0.4 is 5.73 Å². The molecule has 3 N–H and O–H groups in total. The highest BCUT2D eigenvalue weighted by atomic mass is 32.1. The van der Waals surface area contributed by atoms with Crippen LogP contribution >= 0.6 is 22.7 Å². The summed E-state index contributed by atoms with van der Waals surface area (Å²) in [5.74, 6) is -0.994. The Bertz CT molecular complexity index is 533. The zero-order valence-electron chi connectivity index (χ0n) is 9.21. The summed E-state index contributed by atoms with van der Waals surface area (Å²) in [6.45, 7) is 2.04. The molecular weight excluding hydrogens is 256 g/mol. The van der Waals surface area contributed by atoms with Crippen molar-refractivity contribution in [3.05, 3.63) is 28.1 Å². The summed E-state index contributed by atoms with van der Waals surface area (Å²) in [4.78, 5) is 16.2. The third-order valence-electron chi connectivity index (χ3n) is 2.35. The number of aliphatic carboxylic acids is 1. The normalized spacial score (nSPS) is 12.6. The van der Waals surface area contributed by atoms with E-state index in [2.05, 4.69) is 4.98 Å². The molecule has 0 spiro atoms. The van der Waals surface area contributed by atoms with Crippen LogP contribution in [0.3, 0.4) is 0 Å². The highest BCUT2D eigenvalue weighted by Gasteiger charge is 2.15. The van der Waals surface area contributed by atoms with Gasteiger partial charge in [0.15, 0.2) is 0 Å². The Labute approximate surface area is 107 Å². The molecule has 0 aromatic carbocycles. The fourth-order valence-electron chi connectivity index (χ4n) is 1.41. The zero-order chi connectivity index (χ0) is 12.4. The number of thiophene rings is 1. The van der Waals surface area contributed by atoms with Crippen molar-refractivity contribution in [3.8, 4) is 9.88 Å².